The van der Waals surface area contributed by atoms with Crippen molar-refractivity contribution in [3.8, 4) is 11.1 Å². The average molecular weight is 795 g/mol. The second-order valence-electron chi connectivity index (χ2n) is 18.9. The minimum atomic E-state index is 0.103. The summed E-state index contributed by atoms with van der Waals surface area (Å²) < 4.78 is 0. The number of hydrogen-bond acceptors (Lipinski definition) is 2. The van der Waals surface area contributed by atoms with Gasteiger partial charge in [-0.15, -0.1) is 0 Å². The fourth-order valence-corrected chi connectivity index (χ4v) is 13.9. The number of rotatable bonds is 6. The largest absolute Gasteiger partial charge is 0.309 e. The van der Waals surface area contributed by atoms with Crippen LogP contribution in [0.4, 0.5) is 34.1 Å². The Labute approximate surface area is 363 Å². The maximum absolute atomic E-state index is 2.60. The minimum absolute atomic E-state index is 0.103. The van der Waals surface area contributed by atoms with Crippen molar-refractivity contribution in [1.82, 2.24) is 0 Å². The van der Waals surface area contributed by atoms with Crippen molar-refractivity contribution in [3.05, 3.63) is 205 Å². The average Bonchev–Trinajstić information content (AvgIpc) is 3.62. The predicted octanol–water partition coefficient (Wildman–Crippen LogP) is 16.4. The molecule has 62 heavy (non-hydrogen) atoms. The summed E-state index contributed by atoms with van der Waals surface area (Å²) in [6.07, 6.45) is 6.99. The molecule has 0 amide bonds. The van der Waals surface area contributed by atoms with Crippen LogP contribution in [-0.4, -0.2) is 0 Å². The van der Waals surface area contributed by atoms with Gasteiger partial charge in [0.25, 0.3) is 0 Å². The second-order valence-corrected chi connectivity index (χ2v) is 18.9. The van der Waals surface area contributed by atoms with Crippen LogP contribution in [-0.2, 0) is 5.41 Å². The van der Waals surface area contributed by atoms with Crippen LogP contribution >= 0.6 is 0 Å². The number of hydrogen-bond donors (Lipinski definition) is 0. The number of para-hydroxylation sites is 2. The van der Waals surface area contributed by atoms with E-state index < -0.39 is 0 Å². The number of benzene rings is 10. The van der Waals surface area contributed by atoms with E-state index in [1.54, 1.807) is 11.1 Å². The molecule has 2 heteroatoms. The predicted molar refractivity (Wildman–Crippen MR) is 260 cm³/mol. The molecule has 1 spiro atoms. The Morgan fingerprint density at radius 2 is 0.823 bits per heavy atom. The quantitative estimate of drug-likeness (QED) is 0.155. The smallest absolute Gasteiger partial charge is 0.0543 e. The van der Waals surface area contributed by atoms with Crippen molar-refractivity contribution in [2.45, 2.75) is 37.5 Å². The van der Waals surface area contributed by atoms with E-state index in [-0.39, 0.29) is 5.41 Å². The van der Waals surface area contributed by atoms with E-state index >= 15 is 0 Å². The van der Waals surface area contributed by atoms with Gasteiger partial charge in [-0.3, -0.25) is 0 Å². The summed E-state index contributed by atoms with van der Waals surface area (Å²) >= 11 is 0. The molecule has 4 bridgehead atoms. The fraction of sp³-hybridized carbons (Fsp3) is 0.167. The maximum atomic E-state index is 2.60. The van der Waals surface area contributed by atoms with E-state index in [9.17, 15) is 0 Å². The van der Waals surface area contributed by atoms with E-state index in [1.807, 2.05) is 0 Å². The Bertz CT molecular complexity index is 3350. The highest BCUT2D eigenvalue weighted by molar-refractivity contribution is 6.28. The van der Waals surface area contributed by atoms with Gasteiger partial charge in [-0.1, -0.05) is 146 Å². The Hall–Kier alpha value is -6.90. The minimum Gasteiger partial charge on any atom is -0.309 e. The molecule has 4 fully saturated rings. The lowest BCUT2D eigenvalue weighted by molar-refractivity contribution is -0.0399. The van der Waals surface area contributed by atoms with Crippen LogP contribution in [0, 0.1) is 23.7 Å². The van der Waals surface area contributed by atoms with E-state index in [2.05, 4.69) is 204 Å². The molecule has 0 atom stereocenters. The van der Waals surface area contributed by atoms with Gasteiger partial charge in [-0.2, -0.15) is 0 Å². The van der Waals surface area contributed by atoms with Crippen LogP contribution in [0.1, 0.15) is 43.2 Å². The first-order valence-corrected chi connectivity index (χ1v) is 22.9. The molecule has 4 saturated carbocycles. The Morgan fingerprint density at radius 1 is 0.339 bits per heavy atom. The Balaban J connectivity index is 1.02. The maximum Gasteiger partial charge on any atom is 0.0543 e. The number of fused-ring (bicyclic) bond motifs is 4. The van der Waals surface area contributed by atoms with Crippen molar-refractivity contribution >= 4 is 77.2 Å². The molecule has 10 aromatic carbocycles. The van der Waals surface area contributed by atoms with Gasteiger partial charge < -0.3 is 9.80 Å². The highest BCUT2D eigenvalue weighted by Crippen LogP contribution is 2.70. The van der Waals surface area contributed by atoms with Crippen LogP contribution < -0.4 is 9.80 Å². The molecule has 0 heterocycles. The van der Waals surface area contributed by atoms with Crippen LogP contribution in [0.5, 0.6) is 0 Å². The lowest BCUT2D eigenvalue weighted by Gasteiger charge is -2.61. The summed E-state index contributed by atoms with van der Waals surface area (Å²) in [6.45, 7) is 0. The Kier molecular flexibility index (Phi) is 7.32. The van der Waals surface area contributed by atoms with Crippen LogP contribution in [0.15, 0.2) is 194 Å². The summed E-state index contributed by atoms with van der Waals surface area (Å²) in [5.41, 5.74) is 13.4. The van der Waals surface area contributed by atoms with Crippen molar-refractivity contribution in [1.29, 1.82) is 0 Å². The van der Waals surface area contributed by atoms with Crippen LogP contribution in [0.25, 0.3) is 54.2 Å². The van der Waals surface area contributed by atoms with Crippen molar-refractivity contribution < 1.29 is 0 Å². The van der Waals surface area contributed by atoms with Gasteiger partial charge in [0, 0.05) is 38.5 Å². The molecule has 10 aromatic rings. The third kappa shape index (κ3) is 4.70. The molecule has 5 aliphatic carbocycles. The first-order chi connectivity index (χ1) is 30.7. The van der Waals surface area contributed by atoms with Crippen LogP contribution in [0.3, 0.4) is 0 Å². The molecular formula is C60H46N2. The normalized spacial score (nSPS) is 21.9. The molecule has 0 radical (unpaired) electrons. The Morgan fingerprint density at radius 3 is 1.48 bits per heavy atom. The third-order valence-electron chi connectivity index (χ3n) is 15.9. The van der Waals surface area contributed by atoms with Gasteiger partial charge in [0.05, 0.1) is 22.7 Å². The van der Waals surface area contributed by atoms with E-state index in [0.717, 1.165) is 29.4 Å². The standard InChI is InChI=1S/C60H46N2/c1-3-15-45(16-4-1)61(53-23-11-14-40-13-7-8-19-47(40)53)54-31-27-41-26-30-50-55(32-28-42-25-29-49(54)57(41)58(42)50)62(46-17-5-2-6-18-46)56-24-12-22-52-59(56)48-20-9-10-21-51(48)60(52)43-34-38-33-39(36-43)37-44(60)35-38/h1-32,38-39,43-44H,33-37H2. The van der Waals surface area contributed by atoms with Gasteiger partial charge in [0.1, 0.15) is 0 Å². The fourth-order valence-electron chi connectivity index (χ4n) is 13.9. The molecule has 2 nitrogen and oxygen atoms in total. The third-order valence-corrected chi connectivity index (χ3v) is 15.9. The lowest BCUT2D eigenvalue weighted by atomic mass is 9.43. The molecular weight excluding hydrogens is 749 g/mol. The van der Waals surface area contributed by atoms with Crippen molar-refractivity contribution in [2.75, 3.05) is 9.80 Å². The molecule has 5 aliphatic rings. The molecule has 0 unspecified atom stereocenters. The van der Waals surface area contributed by atoms with E-state index in [1.165, 1.54) is 115 Å². The first-order valence-electron chi connectivity index (χ1n) is 22.9. The van der Waals surface area contributed by atoms with E-state index in [4.69, 9.17) is 0 Å². The van der Waals surface area contributed by atoms with Gasteiger partial charge in [0.2, 0.25) is 0 Å². The molecule has 0 aromatic heterocycles. The van der Waals surface area contributed by atoms with Gasteiger partial charge in [-0.05, 0) is 148 Å². The summed E-state index contributed by atoms with van der Waals surface area (Å²) in [5, 5.41) is 10.1. The summed E-state index contributed by atoms with van der Waals surface area (Å²) in [7, 11) is 0. The topological polar surface area (TPSA) is 6.48 Å². The summed E-state index contributed by atoms with van der Waals surface area (Å²) in [5.74, 6) is 3.25. The highest BCUT2D eigenvalue weighted by Gasteiger charge is 2.61. The van der Waals surface area contributed by atoms with Gasteiger partial charge in [0.15, 0.2) is 0 Å². The SMILES string of the molecule is c1ccc(N(c2cccc3c2-c2ccccc2C32C3CC4CC(C3)CC2C4)c2ccc3ccc4c(N(c5ccccc5)c5cccc6ccccc56)ccc5ccc2c3c54)cc1. The highest BCUT2D eigenvalue weighted by atomic mass is 15.2. The molecule has 0 N–H and O–H groups in total. The first kappa shape index (κ1) is 34.8. The number of nitrogens with zero attached hydrogens (tertiary/aromatic N) is 2. The second kappa shape index (κ2) is 13.1. The molecule has 0 saturated heterocycles. The molecule has 0 aliphatic heterocycles. The molecule has 15 rings (SSSR count). The zero-order chi connectivity index (χ0) is 40.5. The van der Waals surface area contributed by atoms with E-state index in [0.29, 0.717) is 0 Å². The monoisotopic (exact) mass is 794 g/mol. The van der Waals surface area contributed by atoms with Gasteiger partial charge >= 0.3 is 0 Å². The summed E-state index contributed by atoms with van der Waals surface area (Å²) in [6, 6.07) is 73.3. The summed E-state index contributed by atoms with van der Waals surface area (Å²) in [4.78, 5) is 5.07. The van der Waals surface area contributed by atoms with Crippen molar-refractivity contribution in [2.24, 2.45) is 23.7 Å². The zero-order valence-corrected chi connectivity index (χ0v) is 34.7. The van der Waals surface area contributed by atoms with Crippen molar-refractivity contribution in [3.63, 3.8) is 0 Å². The van der Waals surface area contributed by atoms with Crippen LogP contribution in [0.2, 0.25) is 0 Å². The molecule has 296 valence electrons. The zero-order valence-electron chi connectivity index (χ0n) is 34.7. The van der Waals surface area contributed by atoms with Gasteiger partial charge in [-0.25, -0.2) is 0 Å². The lowest BCUT2D eigenvalue weighted by Crippen LogP contribution is -2.55. The number of anilines is 6.